The Balaban J connectivity index is 2.90. The molecule has 72 valence electrons. The number of ether oxygens (including phenoxy) is 1. The quantitative estimate of drug-likeness (QED) is 0.497. The Bertz CT molecular complexity index is 396. The van der Waals surface area contributed by atoms with Crippen LogP contribution >= 0.6 is 15.9 Å². The topological polar surface area (TPSA) is 52.3 Å². The van der Waals surface area contributed by atoms with Crippen molar-refractivity contribution in [1.29, 1.82) is 0 Å². The Kier molecular flexibility index (Phi) is 3.55. The summed E-state index contributed by atoms with van der Waals surface area (Å²) in [6, 6.07) is 4.90. The SMILES string of the molecule is C#CCOC(=O)c1cc(N)ccc1Br. The molecule has 0 saturated heterocycles. The molecule has 0 atom stereocenters. The number of nitrogen functional groups attached to an aromatic ring is 1. The van der Waals surface area contributed by atoms with E-state index in [9.17, 15) is 4.79 Å². The Morgan fingerprint density at radius 2 is 2.36 bits per heavy atom. The number of anilines is 1. The first-order chi connectivity index (χ1) is 6.65. The third-order valence-electron chi connectivity index (χ3n) is 1.50. The van der Waals surface area contributed by atoms with Gasteiger partial charge in [-0.2, -0.15) is 0 Å². The van der Waals surface area contributed by atoms with E-state index in [0.717, 1.165) is 0 Å². The van der Waals surface area contributed by atoms with Crippen LogP contribution in [0.3, 0.4) is 0 Å². The van der Waals surface area contributed by atoms with Crippen molar-refractivity contribution in [1.82, 2.24) is 0 Å². The van der Waals surface area contributed by atoms with Crippen molar-refractivity contribution >= 4 is 27.6 Å². The zero-order chi connectivity index (χ0) is 10.6. The summed E-state index contributed by atoms with van der Waals surface area (Å²) >= 11 is 3.21. The van der Waals surface area contributed by atoms with Crippen molar-refractivity contribution in [3.8, 4) is 12.3 Å². The summed E-state index contributed by atoms with van der Waals surface area (Å²) in [5.41, 5.74) is 6.40. The molecule has 3 nitrogen and oxygen atoms in total. The smallest absolute Gasteiger partial charge is 0.340 e. The zero-order valence-corrected chi connectivity index (χ0v) is 8.87. The van der Waals surface area contributed by atoms with Crippen molar-refractivity contribution in [2.75, 3.05) is 12.3 Å². The molecule has 0 spiro atoms. The van der Waals surface area contributed by atoms with Gasteiger partial charge in [-0.3, -0.25) is 0 Å². The molecule has 0 aromatic heterocycles. The highest BCUT2D eigenvalue weighted by Gasteiger charge is 2.10. The van der Waals surface area contributed by atoms with Crippen LogP contribution in [0, 0.1) is 12.3 Å². The molecule has 0 aliphatic carbocycles. The Labute approximate surface area is 90.4 Å². The van der Waals surface area contributed by atoms with Crippen molar-refractivity contribution < 1.29 is 9.53 Å². The Morgan fingerprint density at radius 3 is 3.00 bits per heavy atom. The van der Waals surface area contributed by atoms with E-state index in [1.165, 1.54) is 6.07 Å². The number of hydrogen-bond acceptors (Lipinski definition) is 3. The largest absolute Gasteiger partial charge is 0.449 e. The minimum absolute atomic E-state index is 0.0416. The van der Waals surface area contributed by atoms with Crippen LogP contribution in [0.1, 0.15) is 10.4 Å². The summed E-state index contributed by atoms with van der Waals surface area (Å²) in [5, 5.41) is 0. The average molecular weight is 254 g/mol. The van der Waals surface area contributed by atoms with Crippen molar-refractivity contribution in [2.45, 2.75) is 0 Å². The average Bonchev–Trinajstić information content (AvgIpc) is 2.18. The first-order valence-electron chi connectivity index (χ1n) is 3.80. The van der Waals surface area contributed by atoms with E-state index >= 15 is 0 Å². The molecule has 4 heteroatoms. The number of terminal acetylenes is 1. The maximum absolute atomic E-state index is 11.4. The number of esters is 1. The predicted molar refractivity (Wildman–Crippen MR) is 57.7 cm³/mol. The molecule has 1 aromatic rings. The molecule has 1 rings (SSSR count). The predicted octanol–water partition coefficient (Wildman–Crippen LogP) is 1.82. The van der Waals surface area contributed by atoms with Gasteiger partial charge in [0.15, 0.2) is 6.61 Å². The van der Waals surface area contributed by atoms with Crippen molar-refractivity contribution in [3.05, 3.63) is 28.2 Å². The van der Waals surface area contributed by atoms with Crippen LogP contribution in [0.25, 0.3) is 0 Å². The van der Waals surface area contributed by atoms with Gasteiger partial charge in [-0.05, 0) is 34.1 Å². The fourth-order valence-corrected chi connectivity index (χ4v) is 1.29. The van der Waals surface area contributed by atoms with Gasteiger partial charge in [-0.25, -0.2) is 4.79 Å². The van der Waals surface area contributed by atoms with E-state index in [2.05, 4.69) is 21.9 Å². The third-order valence-corrected chi connectivity index (χ3v) is 2.19. The summed E-state index contributed by atoms with van der Waals surface area (Å²) in [6.45, 7) is -0.0416. The van der Waals surface area contributed by atoms with E-state index in [1.54, 1.807) is 12.1 Å². The summed E-state index contributed by atoms with van der Waals surface area (Å²) in [5.74, 6) is 1.73. The molecule has 0 amide bonds. The number of rotatable bonds is 2. The second-order valence-electron chi connectivity index (χ2n) is 2.52. The molecule has 14 heavy (non-hydrogen) atoms. The van der Waals surface area contributed by atoms with Gasteiger partial charge < -0.3 is 10.5 Å². The highest BCUT2D eigenvalue weighted by atomic mass is 79.9. The molecule has 0 unspecified atom stereocenters. The van der Waals surface area contributed by atoms with Crippen LogP contribution < -0.4 is 5.73 Å². The summed E-state index contributed by atoms with van der Waals surface area (Å²) in [6.07, 6.45) is 4.96. The van der Waals surface area contributed by atoms with Crippen LogP contribution in [0.4, 0.5) is 5.69 Å². The van der Waals surface area contributed by atoms with Gasteiger partial charge in [0.2, 0.25) is 0 Å². The minimum Gasteiger partial charge on any atom is -0.449 e. The number of carbonyl (C=O) groups excluding carboxylic acids is 1. The lowest BCUT2D eigenvalue weighted by Gasteiger charge is -2.04. The molecule has 0 aliphatic heterocycles. The second kappa shape index (κ2) is 4.68. The fourth-order valence-electron chi connectivity index (χ4n) is 0.884. The van der Waals surface area contributed by atoms with E-state index in [1.807, 2.05) is 0 Å². The molecule has 0 saturated carbocycles. The van der Waals surface area contributed by atoms with Crippen molar-refractivity contribution in [3.63, 3.8) is 0 Å². The molecule has 2 N–H and O–H groups in total. The normalized spacial score (nSPS) is 9.14. The fraction of sp³-hybridized carbons (Fsp3) is 0.100. The van der Waals surface area contributed by atoms with Crippen LogP contribution in [0.5, 0.6) is 0 Å². The monoisotopic (exact) mass is 253 g/mol. The molecule has 0 heterocycles. The number of benzene rings is 1. The Hall–Kier alpha value is -1.47. The van der Waals surface area contributed by atoms with Gasteiger partial charge in [0.1, 0.15) is 0 Å². The van der Waals surface area contributed by atoms with Gasteiger partial charge in [-0.1, -0.05) is 5.92 Å². The van der Waals surface area contributed by atoms with Gasteiger partial charge >= 0.3 is 5.97 Å². The number of carbonyl (C=O) groups is 1. The highest BCUT2D eigenvalue weighted by molar-refractivity contribution is 9.10. The molecule has 0 radical (unpaired) electrons. The molecule has 0 bridgehead atoms. The number of nitrogens with two attached hydrogens (primary N) is 1. The van der Waals surface area contributed by atoms with Gasteiger partial charge in [0, 0.05) is 10.2 Å². The minimum atomic E-state index is -0.484. The third kappa shape index (κ3) is 2.51. The van der Waals surface area contributed by atoms with Crippen LogP contribution in [-0.4, -0.2) is 12.6 Å². The first kappa shape index (κ1) is 10.6. The maximum atomic E-state index is 11.4. The van der Waals surface area contributed by atoms with Crippen molar-refractivity contribution in [2.24, 2.45) is 0 Å². The molecule has 0 fully saturated rings. The summed E-state index contributed by atoms with van der Waals surface area (Å²) in [4.78, 5) is 11.4. The molecular formula is C10H8BrNO2. The molecular weight excluding hydrogens is 246 g/mol. The van der Waals surface area contributed by atoms with Crippen LogP contribution in [0.15, 0.2) is 22.7 Å². The lowest BCUT2D eigenvalue weighted by atomic mass is 10.2. The summed E-state index contributed by atoms with van der Waals surface area (Å²) < 4.78 is 5.39. The summed E-state index contributed by atoms with van der Waals surface area (Å²) in [7, 11) is 0. The van der Waals surface area contributed by atoms with E-state index < -0.39 is 5.97 Å². The first-order valence-corrected chi connectivity index (χ1v) is 4.60. The number of hydrogen-bond donors (Lipinski definition) is 1. The standard InChI is InChI=1S/C10H8BrNO2/c1-2-5-14-10(13)8-6-7(12)3-4-9(8)11/h1,3-4,6H,5,12H2. The molecule has 0 aliphatic rings. The van der Waals surface area contributed by atoms with Gasteiger partial charge in [0.05, 0.1) is 5.56 Å². The van der Waals surface area contributed by atoms with Gasteiger partial charge in [-0.15, -0.1) is 6.42 Å². The zero-order valence-electron chi connectivity index (χ0n) is 7.29. The highest BCUT2D eigenvalue weighted by Crippen LogP contribution is 2.20. The maximum Gasteiger partial charge on any atom is 0.340 e. The van der Waals surface area contributed by atoms with Crippen LogP contribution in [-0.2, 0) is 4.74 Å². The van der Waals surface area contributed by atoms with E-state index in [-0.39, 0.29) is 6.61 Å². The van der Waals surface area contributed by atoms with E-state index in [4.69, 9.17) is 16.9 Å². The van der Waals surface area contributed by atoms with Crippen LogP contribution in [0.2, 0.25) is 0 Å². The lowest BCUT2D eigenvalue weighted by molar-refractivity contribution is 0.0556. The Morgan fingerprint density at radius 1 is 1.64 bits per heavy atom. The van der Waals surface area contributed by atoms with E-state index in [0.29, 0.717) is 15.7 Å². The second-order valence-corrected chi connectivity index (χ2v) is 3.37. The molecule has 1 aromatic carbocycles. The lowest BCUT2D eigenvalue weighted by Crippen LogP contribution is -2.06. The number of halogens is 1. The van der Waals surface area contributed by atoms with Gasteiger partial charge in [0.25, 0.3) is 0 Å².